The quantitative estimate of drug-likeness (QED) is 0.822. The molecule has 0 aromatic carbocycles. The highest BCUT2D eigenvalue weighted by atomic mass is 15.3. The maximum Gasteiger partial charge on any atom is 0.0359 e. The van der Waals surface area contributed by atoms with Crippen LogP contribution >= 0.6 is 0 Å². The Morgan fingerprint density at radius 1 is 1.20 bits per heavy atom. The van der Waals surface area contributed by atoms with Gasteiger partial charge in [-0.3, -0.25) is 4.90 Å². The zero-order valence-electron chi connectivity index (χ0n) is 13.9. The first-order valence-electron chi connectivity index (χ1n) is 8.34. The predicted octanol–water partition coefficient (Wildman–Crippen LogP) is 1.21. The Morgan fingerprint density at radius 2 is 1.85 bits per heavy atom. The van der Waals surface area contributed by atoms with Crippen molar-refractivity contribution in [2.75, 3.05) is 46.8 Å². The Kier molecular flexibility index (Phi) is 5.46. The molecule has 2 rings (SSSR count). The van der Waals surface area contributed by atoms with Gasteiger partial charge < -0.3 is 15.5 Å². The van der Waals surface area contributed by atoms with Gasteiger partial charge >= 0.3 is 0 Å². The number of likely N-dealkylation sites (tertiary alicyclic amines) is 2. The molecule has 0 spiro atoms. The molecule has 0 bridgehead atoms. The lowest BCUT2D eigenvalue weighted by Crippen LogP contribution is -2.62. The number of rotatable bonds is 5. The summed E-state index contributed by atoms with van der Waals surface area (Å²) in [4.78, 5) is 7.70. The summed E-state index contributed by atoms with van der Waals surface area (Å²) in [5, 5.41) is 0. The van der Waals surface area contributed by atoms with E-state index in [1.807, 2.05) is 0 Å². The third-order valence-corrected chi connectivity index (χ3v) is 5.40. The van der Waals surface area contributed by atoms with Gasteiger partial charge in [-0.25, -0.2) is 0 Å². The molecule has 2 aliphatic rings. The third kappa shape index (κ3) is 3.35. The topological polar surface area (TPSA) is 35.7 Å². The fourth-order valence-electron chi connectivity index (χ4n) is 4.14. The summed E-state index contributed by atoms with van der Waals surface area (Å²) in [6.07, 6.45) is 5.17. The minimum Gasteiger partial charge on any atom is -0.329 e. The largest absolute Gasteiger partial charge is 0.329 e. The van der Waals surface area contributed by atoms with Crippen molar-refractivity contribution in [3.05, 3.63) is 0 Å². The molecule has 20 heavy (non-hydrogen) atoms. The molecule has 4 heteroatoms. The monoisotopic (exact) mass is 282 g/mol. The zero-order valence-corrected chi connectivity index (χ0v) is 13.9. The molecule has 2 heterocycles. The van der Waals surface area contributed by atoms with Gasteiger partial charge in [-0.2, -0.15) is 0 Å². The molecule has 2 aliphatic heterocycles. The SMILES string of the molecule is CC(C)N1CCC(CN)(N2CCCC2CN(C)C)CC1. The van der Waals surface area contributed by atoms with Crippen LogP contribution in [0, 0.1) is 0 Å². The van der Waals surface area contributed by atoms with E-state index in [4.69, 9.17) is 5.73 Å². The van der Waals surface area contributed by atoms with Gasteiger partial charge in [0.1, 0.15) is 0 Å². The van der Waals surface area contributed by atoms with E-state index < -0.39 is 0 Å². The van der Waals surface area contributed by atoms with Gasteiger partial charge in [0, 0.05) is 43.8 Å². The van der Waals surface area contributed by atoms with Crippen molar-refractivity contribution in [3.63, 3.8) is 0 Å². The number of hydrogen-bond donors (Lipinski definition) is 1. The van der Waals surface area contributed by atoms with Crippen molar-refractivity contribution in [2.45, 2.75) is 57.2 Å². The molecule has 0 aromatic rings. The van der Waals surface area contributed by atoms with E-state index in [-0.39, 0.29) is 5.54 Å². The first-order valence-corrected chi connectivity index (χ1v) is 8.34. The Bertz CT molecular complexity index is 295. The summed E-state index contributed by atoms with van der Waals surface area (Å²) < 4.78 is 0. The highest BCUT2D eigenvalue weighted by Gasteiger charge is 2.43. The average molecular weight is 282 g/mol. The fraction of sp³-hybridized carbons (Fsp3) is 1.00. The standard InChI is InChI=1S/C16H34N4/c1-14(2)19-10-7-16(13-17,8-11-19)20-9-5-6-15(20)12-18(3)4/h14-15H,5-13,17H2,1-4H3. The molecular weight excluding hydrogens is 248 g/mol. The fourth-order valence-corrected chi connectivity index (χ4v) is 4.14. The van der Waals surface area contributed by atoms with Crippen LogP contribution in [0.5, 0.6) is 0 Å². The second-order valence-corrected chi connectivity index (χ2v) is 7.31. The molecule has 0 radical (unpaired) electrons. The predicted molar refractivity (Wildman–Crippen MR) is 86.0 cm³/mol. The van der Waals surface area contributed by atoms with Gasteiger partial charge in [-0.05, 0) is 60.2 Å². The molecule has 2 saturated heterocycles. The number of piperidine rings is 1. The molecule has 2 N–H and O–H groups in total. The minimum absolute atomic E-state index is 0.266. The minimum atomic E-state index is 0.266. The Balaban J connectivity index is 2.04. The van der Waals surface area contributed by atoms with Crippen molar-refractivity contribution in [1.82, 2.24) is 14.7 Å². The van der Waals surface area contributed by atoms with E-state index in [2.05, 4.69) is 42.6 Å². The van der Waals surface area contributed by atoms with Crippen LogP contribution in [0.4, 0.5) is 0 Å². The molecule has 0 amide bonds. The Hall–Kier alpha value is -0.160. The molecular formula is C16H34N4. The van der Waals surface area contributed by atoms with E-state index >= 15 is 0 Å². The van der Waals surface area contributed by atoms with Crippen LogP contribution in [0.1, 0.15) is 39.5 Å². The second kappa shape index (κ2) is 6.73. The summed E-state index contributed by atoms with van der Waals surface area (Å²) in [6.45, 7) is 10.3. The second-order valence-electron chi connectivity index (χ2n) is 7.31. The molecule has 0 aromatic heterocycles. The smallest absolute Gasteiger partial charge is 0.0359 e. The van der Waals surface area contributed by atoms with Crippen molar-refractivity contribution in [3.8, 4) is 0 Å². The summed E-state index contributed by atoms with van der Waals surface area (Å²) in [5.74, 6) is 0. The molecule has 1 atom stereocenters. The van der Waals surface area contributed by atoms with Crippen molar-refractivity contribution >= 4 is 0 Å². The first kappa shape index (κ1) is 16.2. The van der Waals surface area contributed by atoms with Crippen LogP contribution in [0.2, 0.25) is 0 Å². The summed E-state index contributed by atoms with van der Waals surface area (Å²) >= 11 is 0. The maximum atomic E-state index is 6.26. The lowest BCUT2D eigenvalue weighted by molar-refractivity contribution is 0.00445. The number of likely N-dealkylation sites (N-methyl/N-ethyl adjacent to an activating group) is 1. The van der Waals surface area contributed by atoms with Crippen LogP contribution in [-0.4, -0.2) is 79.1 Å². The Labute approximate surface area is 125 Å². The van der Waals surface area contributed by atoms with Gasteiger partial charge in [-0.15, -0.1) is 0 Å². The normalized spacial score (nSPS) is 28.6. The molecule has 118 valence electrons. The van der Waals surface area contributed by atoms with Gasteiger partial charge in [-0.1, -0.05) is 0 Å². The number of nitrogens with two attached hydrogens (primary N) is 1. The highest BCUT2D eigenvalue weighted by molar-refractivity contribution is 5.01. The number of hydrogen-bond acceptors (Lipinski definition) is 4. The van der Waals surface area contributed by atoms with Gasteiger partial charge in [0.15, 0.2) is 0 Å². The van der Waals surface area contributed by atoms with Gasteiger partial charge in [0.25, 0.3) is 0 Å². The van der Waals surface area contributed by atoms with Crippen LogP contribution in [0.25, 0.3) is 0 Å². The summed E-state index contributed by atoms with van der Waals surface area (Å²) in [5.41, 5.74) is 6.53. The third-order valence-electron chi connectivity index (χ3n) is 5.40. The van der Waals surface area contributed by atoms with Gasteiger partial charge in [0.2, 0.25) is 0 Å². The molecule has 0 aliphatic carbocycles. The van der Waals surface area contributed by atoms with Crippen molar-refractivity contribution in [1.29, 1.82) is 0 Å². The number of nitrogens with zero attached hydrogens (tertiary/aromatic N) is 3. The van der Waals surface area contributed by atoms with E-state index in [0.29, 0.717) is 12.1 Å². The first-order chi connectivity index (χ1) is 9.48. The van der Waals surface area contributed by atoms with Gasteiger partial charge in [0.05, 0.1) is 0 Å². The van der Waals surface area contributed by atoms with Crippen molar-refractivity contribution in [2.24, 2.45) is 5.73 Å². The lowest BCUT2D eigenvalue weighted by Gasteiger charge is -2.50. The molecule has 0 saturated carbocycles. The highest BCUT2D eigenvalue weighted by Crippen LogP contribution is 2.35. The lowest BCUT2D eigenvalue weighted by atomic mass is 9.84. The summed E-state index contributed by atoms with van der Waals surface area (Å²) in [6, 6.07) is 1.38. The van der Waals surface area contributed by atoms with Crippen LogP contribution in [0.15, 0.2) is 0 Å². The van der Waals surface area contributed by atoms with E-state index in [1.165, 1.54) is 51.9 Å². The molecule has 1 unspecified atom stereocenters. The molecule has 4 nitrogen and oxygen atoms in total. The molecule has 2 fully saturated rings. The van der Waals surface area contributed by atoms with Crippen LogP contribution in [-0.2, 0) is 0 Å². The van der Waals surface area contributed by atoms with E-state index in [0.717, 1.165) is 6.54 Å². The Morgan fingerprint density at radius 3 is 2.35 bits per heavy atom. The summed E-state index contributed by atoms with van der Waals surface area (Å²) in [7, 11) is 4.37. The van der Waals surface area contributed by atoms with Crippen LogP contribution < -0.4 is 5.73 Å². The zero-order chi connectivity index (χ0) is 14.8. The average Bonchev–Trinajstić information content (AvgIpc) is 2.86. The maximum absolute atomic E-state index is 6.26. The van der Waals surface area contributed by atoms with E-state index in [1.54, 1.807) is 0 Å². The van der Waals surface area contributed by atoms with Crippen LogP contribution in [0.3, 0.4) is 0 Å². The van der Waals surface area contributed by atoms with Crippen molar-refractivity contribution < 1.29 is 0 Å². The van der Waals surface area contributed by atoms with E-state index in [9.17, 15) is 0 Å².